The Hall–Kier alpha value is -1.03. The molecule has 0 aliphatic carbocycles. The largest absolute Gasteiger partial charge is 0.477 e. The van der Waals surface area contributed by atoms with Gasteiger partial charge in [-0.1, -0.05) is 71.1 Å². The van der Waals surface area contributed by atoms with Crippen molar-refractivity contribution in [1.29, 1.82) is 5.41 Å². The third-order valence-corrected chi connectivity index (χ3v) is 4.38. The van der Waals surface area contributed by atoms with E-state index in [2.05, 4.69) is 64.0 Å². The van der Waals surface area contributed by atoms with Crippen LogP contribution in [0.2, 0.25) is 0 Å². The number of hydrogen-bond donors (Lipinski definition) is 2. The van der Waals surface area contributed by atoms with Crippen LogP contribution in [0.1, 0.15) is 79.6 Å². The van der Waals surface area contributed by atoms with Crippen LogP contribution < -0.4 is 0 Å². The molecule has 0 fully saturated rings. The van der Waals surface area contributed by atoms with E-state index in [0.717, 1.165) is 31.3 Å². The van der Waals surface area contributed by atoms with E-state index in [9.17, 15) is 0 Å². The molecule has 24 heavy (non-hydrogen) atoms. The maximum absolute atomic E-state index is 8.13. The highest BCUT2D eigenvalue weighted by molar-refractivity contribution is 7.79. The van der Waals surface area contributed by atoms with Crippen LogP contribution in [0.15, 0.2) is 27.7 Å². The quantitative estimate of drug-likeness (QED) is 0.135. The van der Waals surface area contributed by atoms with Crippen LogP contribution in [0.4, 0.5) is 0 Å². The second kappa shape index (κ2) is 14.3. The van der Waals surface area contributed by atoms with Crippen LogP contribution in [-0.2, 0) is 4.74 Å². The Morgan fingerprint density at radius 1 is 1.17 bits per heavy atom. The smallest absolute Gasteiger partial charge is 0.233 e. The zero-order valence-corrected chi connectivity index (χ0v) is 17.1. The SMILES string of the molecule is CCCCCCOC(=N)C(=N\S)/C(=C/C=C(C)CC(C)CC)CC. The lowest BCUT2D eigenvalue weighted by molar-refractivity contribution is 0.296. The molecule has 1 atom stereocenters. The van der Waals surface area contributed by atoms with E-state index >= 15 is 0 Å². The minimum absolute atomic E-state index is 0.127. The van der Waals surface area contributed by atoms with Gasteiger partial charge in [0, 0.05) is 0 Å². The number of ether oxygens (including phenoxy) is 1. The first-order valence-corrected chi connectivity index (χ1v) is 9.70. The molecule has 1 unspecified atom stereocenters. The molecule has 1 N–H and O–H groups in total. The summed E-state index contributed by atoms with van der Waals surface area (Å²) in [7, 11) is 0. The monoisotopic (exact) mass is 352 g/mol. The van der Waals surface area contributed by atoms with E-state index in [0.29, 0.717) is 18.2 Å². The summed E-state index contributed by atoms with van der Waals surface area (Å²) in [4.78, 5) is 0. The minimum atomic E-state index is 0.127. The van der Waals surface area contributed by atoms with Gasteiger partial charge in [-0.3, -0.25) is 5.41 Å². The summed E-state index contributed by atoms with van der Waals surface area (Å²) in [6, 6.07) is 0. The lowest BCUT2D eigenvalue weighted by atomic mass is 9.98. The van der Waals surface area contributed by atoms with Gasteiger partial charge >= 0.3 is 0 Å². The van der Waals surface area contributed by atoms with Gasteiger partial charge in [0.25, 0.3) is 0 Å². The van der Waals surface area contributed by atoms with Gasteiger partial charge in [-0.25, -0.2) is 4.40 Å². The molecule has 0 spiro atoms. The summed E-state index contributed by atoms with van der Waals surface area (Å²) in [5, 5.41) is 8.13. The molecule has 0 aliphatic rings. The summed E-state index contributed by atoms with van der Waals surface area (Å²) in [6.07, 6.45) is 11.8. The van der Waals surface area contributed by atoms with Crippen molar-refractivity contribution in [3.05, 3.63) is 23.3 Å². The second-order valence-electron chi connectivity index (χ2n) is 6.46. The third kappa shape index (κ3) is 9.96. The van der Waals surface area contributed by atoms with Crippen LogP contribution in [0.25, 0.3) is 0 Å². The zero-order chi connectivity index (χ0) is 18.4. The van der Waals surface area contributed by atoms with Crippen LogP contribution in [0.3, 0.4) is 0 Å². The number of rotatable bonds is 12. The van der Waals surface area contributed by atoms with Crippen molar-refractivity contribution >= 4 is 24.4 Å². The van der Waals surface area contributed by atoms with Crippen molar-refractivity contribution < 1.29 is 4.74 Å². The molecule has 138 valence electrons. The van der Waals surface area contributed by atoms with Gasteiger partial charge in [-0.05, 0) is 50.5 Å². The predicted octanol–water partition coefficient (Wildman–Crippen LogP) is 6.57. The van der Waals surface area contributed by atoms with E-state index in [1.165, 1.54) is 24.8 Å². The normalized spacial score (nSPS) is 14.7. The number of thiol groups is 1. The van der Waals surface area contributed by atoms with Gasteiger partial charge in [0.2, 0.25) is 5.90 Å². The highest BCUT2D eigenvalue weighted by atomic mass is 32.1. The fraction of sp³-hybridized carbons (Fsp3) is 0.700. The fourth-order valence-corrected chi connectivity index (χ4v) is 2.62. The molecule has 0 radical (unpaired) electrons. The number of allylic oxidation sites excluding steroid dienone is 3. The molecule has 0 aliphatic heterocycles. The van der Waals surface area contributed by atoms with E-state index in [4.69, 9.17) is 10.1 Å². The minimum Gasteiger partial charge on any atom is -0.477 e. The van der Waals surface area contributed by atoms with Crippen molar-refractivity contribution in [1.82, 2.24) is 0 Å². The Labute approximate surface area is 154 Å². The summed E-state index contributed by atoms with van der Waals surface area (Å²) in [6.45, 7) is 11.5. The van der Waals surface area contributed by atoms with Gasteiger partial charge in [-0.2, -0.15) is 0 Å². The maximum Gasteiger partial charge on any atom is 0.233 e. The molecule has 0 amide bonds. The van der Waals surface area contributed by atoms with Gasteiger partial charge < -0.3 is 4.74 Å². The van der Waals surface area contributed by atoms with Crippen molar-refractivity contribution in [2.75, 3.05) is 6.61 Å². The lowest BCUT2D eigenvalue weighted by Crippen LogP contribution is -2.19. The van der Waals surface area contributed by atoms with Crippen molar-refractivity contribution in [2.24, 2.45) is 10.3 Å². The Morgan fingerprint density at radius 3 is 2.42 bits per heavy atom. The van der Waals surface area contributed by atoms with E-state index in [1.807, 2.05) is 0 Å². The molecule has 0 aromatic carbocycles. The van der Waals surface area contributed by atoms with Crippen molar-refractivity contribution in [2.45, 2.75) is 79.6 Å². The first-order valence-electron chi connectivity index (χ1n) is 9.30. The van der Waals surface area contributed by atoms with Crippen LogP contribution in [0, 0.1) is 11.3 Å². The van der Waals surface area contributed by atoms with Crippen LogP contribution >= 0.6 is 12.8 Å². The third-order valence-electron chi connectivity index (χ3n) is 4.18. The molecule has 4 heteroatoms. The predicted molar refractivity (Wildman–Crippen MR) is 110 cm³/mol. The first-order chi connectivity index (χ1) is 11.5. The van der Waals surface area contributed by atoms with Crippen LogP contribution in [-0.4, -0.2) is 18.2 Å². The van der Waals surface area contributed by atoms with Crippen molar-refractivity contribution in [3.63, 3.8) is 0 Å². The second-order valence-corrected chi connectivity index (χ2v) is 6.66. The summed E-state index contributed by atoms with van der Waals surface area (Å²) < 4.78 is 9.55. The molecule has 0 saturated carbocycles. The van der Waals surface area contributed by atoms with Crippen molar-refractivity contribution in [3.8, 4) is 0 Å². The maximum atomic E-state index is 8.13. The number of nitrogens with zero attached hydrogens (tertiary/aromatic N) is 1. The van der Waals surface area contributed by atoms with E-state index < -0.39 is 0 Å². The summed E-state index contributed by atoms with van der Waals surface area (Å²) in [5.74, 6) is 0.824. The topological polar surface area (TPSA) is 45.4 Å². The molecule has 0 heterocycles. The Kier molecular flexibility index (Phi) is 13.7. The van der Waals surface area contributed by atoms with Crippen LogP contribution in [0.5, 0.6) is 0 Å². The molecule has 3 nitrogen and oxygen atoms in total. The first kappa shape index (κ1) is 23.0. The van der Waals surface area contributed by atoms with E-state index in [1.54, 1.807) is 0 Å². The lowest BCUT2D eigenvalue weighted by Gasteiger charge is -2.11. The molecular weight excluding hydrogens is 316 g/mol. The van der Waals surface area contributed by atoms with Gasteiger partial charge in [0.15, 0.2) is 0 Å². The summed E-state index contributed by atoms with van der Waals surface area (Å²) >= 11 is 4.05. The average Bonchev–Trinajstić information content (AvgIpc) is 2.57. The molecule has 0 rings (SSSR count). The Balaban J connectivity index is 4.76. The number of hydrogen-bond acceptors (Lipinski definition) is 4. The zero-order valence-electron chi connectivity index (χ0n) is 16.2. The molecule has 0 aromatic heterocycles. The fourth-order valence-electron chi connectivity index (χ4n) is 2.40. The molecule has 0 saturated heterocycles. The van der Waals surface area contributed by atoms with Gasteiger partial charge in [0.1, 0.15) is 5.71 Å². The van der Waals surface area contributed by atoms with Gasteiger partial charge in [0.05, 0.1) is 6.61 Å². The molecular formula is C20H36N2OS. The van der Waals surface area contributed by atoms with Gasteiger partial charge in [-0.15, -0.1) is 0 Å². The molecule has 0 aromatic rings. The number of nitrogens with one attached hydrogen (secondary N) is 1. The number of unbranched alkanes of at least 4 members (excludes halogenated alkanes) is 3. The standard InChI is InChI=1S/C20H36N2OS/c1-6-9-10-11-14-23-20(21)19(22-24)18(8-3)13-12-17(5)15-16(4)7-2/h12-13,16,21,24H,6-11,14-15H2,1-5H3/b17-12?,18-13+,21-20?,22-19-. The molecule has 0 bridgehead atoms. The van der Waals surface area contributed by atoms with E-state index in [-0.39, 0.29) is 5.90 Å². The highest BCUT2D eigenvalue weighted by Crippen LogP contribution is 2.15. The highest BCUT2D eigenvalue weighted by Gasteiger charge is 2.12. The average molecular weight is 353 g/mol. The Morgan fingerprint density at radius 2 is 1.88 bits per heavy atom. The summed E-state index contributed by atoms with van der Waals surface area (Å²) in [5.41, 5.74) is 2.89. The Bertz CT molecular complexity index is 453.